The number of nitrogens with zero attached hydrogens (tertiary/aromatic N) is 1. The van der Waals surface area contributed by atoms with Crippen molar-refractivity contribution in [3.63, 3.8) is 0 Å². The highest BCUT2D eigenvalue weighted by molar-refractivity contribution is 5.89. The summed E-state index contributed by atoms with van der Waals surface area (Å²) in [4.78, 5) is 30.5. The van der Waals surface area contributed by atoms with E-state index in [1.54, 1.807) is 4.90 Å². The molecule has 2 aromatic carbocycles. The van der Waals surface area contributed by atoms with Crippen LogP contribution in [0.4, 0.5) is 10.5 Å². The summed E-state index contributed by atoms with van der Waals surface area (Å²) >= 11 is 0. The van der Waals surface area contributed by atoms with Crippen LogP contribution in [0.15, 0.2) is 53.3 Å². The highest BCUT2D eigenvalue weighted by Crippen LogP contribution is 2.20. The summed E-state index contributed by atoms with van der Waals surface area (Å²) in [5.41, 5.74) is 4.13. The fourth-order valence-electron chi connectivity index (χ4n) is 4.03. The Balaban J connectivity index is 1.62. The van der Waals surface area contributed by atoms with E-state index in [2.05, 4.69) is 22.4 Å². The van der Waals surface area contributed by atoms with Gasteiger partial charge >= 0.3 is 6.03 Å². The summed E-state index contributed by atoms with van der Waals surface area (Å²) in [7, 11) is 0. The van der Waals surface area contributed by atoms with Gasteiger partial charge in [-0.1, -0.05) is 29.8 Å². The normalized spacial score (nSPS) is 16.0. The van der Waals surface area contributed by atoms with Gasteiger partial charge in [-0.2, -0.15) is 0 Å². The van der Waals surface area contributed by atoms with Gasteiger partial charge in [-0.05, 0) is 61.9 Å². The Labute approximate surface area is 175 Å². The third kappa shape index (κ3) is 4.54. The summed E-state index contributed by atoms with van der Waals surface area (Å²) in [6.45, 7) is 5.41. The lowest BCUT2D eigenvalue weighted by Gasteiger charge is -2.26. The van der Waals surface area contributed by atoms with E-state index in [1.165, 1.54) is 0 Å². The quantitative estimate of drug-likeness (QED) is 0.662. The van der Waals surface area contributed by atoms with Crippen LogP contribution in [0, 0.1) is 13.8 Å². The van der Waals surface area contributed by atoms with Crippen molar-refractivity contribution in [1.29, 1.82) is 0 Å². The maximum atomic E-state index is 13.0. The average molecular weight is 405 g/mol. The molecule has 1 atom stereocenters. The second-order valence-electron chi connectivity index (χ2n) is 7.98. The summed E-state index contributed by atoms with van der Waals surface area (Å²) in [6.07, 6.45) is 1.91. The number of nitrogens with one attached hydrogen (secondary N) is 2. The standard InChI is InChI=1S/C24H27N3O3/c1-16-11-17(2)22-18(12-16)13-19(23(28)26-22)14-27(15-21-9-6-10-30-21)24(29)25-20-7-4-3-5-8-20/h3-5,7-8,11-13,21H,6,9-10,14-15H2,1-2H3,(H,25,29)(H,26,28). The molecule has 1 fully saturated rings. The molecule has 2 heterocycles. The number of fused-ring (bicyclic) bond motifs is 1. The molecule has 0 spiro atoms. The Kier molecular flexibility index (Phi) is 5.86. The molecule has 1 aliphatic heterocycles. The predicted molar refractivity (Wildman–Crippen MR) is 119 cm³/mol. The third-order valence-corrected chi connectivity index (χ3v) is 5.49. The topological polar surface area (TPSA) is 74.4 Å². The van der Waals surface area contributed by atoms with Crippen LogP contribution in [0.5, 0.6) is 0 Å². The fraction of sp³-hybridized carbons (Fsp3) is 0.333. The van der Waals surface area contributed by atoms with Crippen LogP contribution in [-0.2, 0) is 11.3 Å². The van der Waals surface area contributed by atoms with Crippen LogP contribution in [0.25, 0.3) is 10.9 Å². The van der Waals surface area contributed by atoms with Crippen molar-refractivity contribution < 1.29 is 9.53 Å². The molecule has 2 amide bonds. The molecule has 156 valence electrons. The average Bonchev–Trinajstić information content (AvgIpc) is 3.22. The van der Waals surface area contributed by atoms with E-state index < -0.39 is 0 Å². The summed E-state index contributed by atoms with van der Waals surface area (Å²) < 4.78 is 5.75. The van der Waals surface area contributed by atoms with Gasteiger partial charge in [-0.3, -0.25) is 4.79 Å². The van der Waals surface area contributed by atoms with Crippen LogP contribution in [0.1, 0.15) is 29.5 Å². The zero-order valence-electron chi connectivity index (χ0n) is 17.4. The molecule has 0 bridgehead atoms. The van der Waals surface area contributed by atoms with Gasteiger partial charge in [0.05, 0.1) is 18.2 Å². The van der Waals surface area contributed by atoms with E-state index in [0.717, 1.165) is 40.6 Å². The van der Waals surface area contributed by atoms with Crippen LogP contribution in [0.3, 0.4) is 0 Å². The first-order chi connectivity index (χ1) is 14.5. The number of pyridine rings is 1. The van der Waals surface area contributed by atoms with E-state index in [9.17, 15) is 9.59 Å². The van der Waals surface area contributed by atoms with Gasteiger partial charge in [-0.15, -0.1) is 0 Å². The summed E-state index contributed by atoms with van der Waals surface area (Å²) in [5, 5.41) is 3.90. The first-order valence-corrected chi connectivity index (χ1v) is 10.4. The van der Waals surface area contributed by atoms with E-state index >= 15 is 0 Å². The largest absolute Gasteiger partial charge is 0.376 e. The second kappa shape index (κ2) is 8.71. The minimum absolute atomic E-state index is 0.00412. The van der Waals surface area contributed by atoms with Crippen molar-refractivity contribution in [2.45, 2.75) is 39.3 Å². The molecule has 0 aliphatic carbocycles. The number of benzene rings is 2. The van der Waals surface area contributed by atoms with Crippen molar-refractivity contribution >= 4 is 22.6 Å². The SMILES string of the molecule is Cc1cc(C)c2[nH]c(=O)c(CN(CC3CCCO3)C(=O)Nc3ccccc3)cc2c1. The van der Waals surface area contributed by atoms with Crippen LogP contribution in [0.2, 0.25) is 0 Å². The highest BCUT2D eigenvalue weighted by Gasteiger charge is 2.24. The molecule has 30 heavy (non-hydrogen) atoms. The second-order valence-corrected chi connectivity index (χ2v) is 7.98. The maximum Gasteiger partial charge on any atom is 0.322 e. The number of aromatic amines is 1. The molecule has 3 aromatic rings. The van der Waals surface area contributed by atoms with E-state index in [4.69, 9.17) is 4.74 Å². The predicted octanol–water partition coefficient (Wildman–Crippen LogP) is 4.36. The minimum atomic E-state index is -0.239. The Morgan fingerprint density at radius 3 is 2.73 bits per heavy atom. The minimum Gasteiger partial charge on any atom is -0.376 e. The number of H-pyrrole nitrogens is 1. The summed E-state index contributed by atoms with van der Waals surface area (Å²) in [6, 6.07) is 15.1. The number of aryl methyl sites for hydroxylation is 2. The third-order valence-electron chi connectivity index (χ3n) is 5.49. The Bertz CT molecular complexity index is 1100. The van der Waals surface area contributed by atoms with Gasteiger partial charge in [0.25, 0.3) is 5.56 Å². The first kappa shape index (κ1) is 20.2. The van der Waals surface area contributed by atoms with Gasteiger partial charge < -0.3 is 19.9 Å². The molecule has 2 N–H and O–H groups in total. The van der Waals surface area contributed by atoms with Crippen molar-refractivity contribution in [1.82, 2.24) is 9.88 Å². The number of rotatable bonds is 5. The molecule has 0 radical (unpaired) electrons. The molecule has 4 rings (SSSR count). The number of para-hydroxylation sites is 1. The van der Waals surface area contributed by atoms with Crippen LogP contribution < -0.4 is 10.9 Å². The Hall–Kier alpha value is -3.12. The molecule has 1 aliphatic rings. The molecule has 6 heteroatoms. The van der Waals surface area contributed by atoms with Gasteiger partial charge in [-0.25, -0.2) is 4.79 Å². The van der Waals surface area contributed by atoms with Crippen LogP contribution >= 0.6 is 0 Å². The molecule has 6 nitrogen and oxygen atoms in total. The lowest BCUT2D eigenvalue weighted by atomic mass is 10.1. The zero-order chi connectivity index (χ0) is 21.1. The number of amides is 2. The van der Waals surface area contributed by atoms with Gasteiger partial charge in [0.1, 0.15) is 0 Å². The van der Waals surface area contributed by atoms with Crippen molar-refractivity contribution in [2.75, 3.05) is 18.5 Å². The summed E-state index contributed by atoms with van der Waals surface area (Å²) in [5.74, 6) is 0. The number of hydrogen-bond donors (Lipinski definition) is 2. The highest BCUT2D eigenvalue weighted by atomic mass is 16.5. The van der Waals surface area contributed by atoms with Crippen molar-refractivity contribution in [3.05, 3.63) is 75.6 Å². The molecular weight excluding hydrogens is 378 g/mol. The number of anilines is 1. The Morgan fingerprint density at radius 1 is 1.20 bits per heavy atom. The molecule has 1 aromatic heterocycles. The number of ether oxygens (including phenoxy) is 1. The van der Waals surface area contributed by atoms with E-state index in [-0.39, 0.29) is 24.2 Å². The number of hydrogen-bond acceptors (Lipinski definition) is 3. The van der Waals surface area contributed by atoms with Gasteiger partial charge in [0, 0.05) is 24.4 Å². The number of urea groups is 1. The van der Waals surface area contributed by atoms with Crippen molar-refractivity contribution in [3.8, 4) is 0 Å². The monoisotopic (exact) mass is 405 g/mol. The van der Waals surface area contributed by atoms with Crippen LogP contribution in [-0.4, -0.2) is 35.2 Å². The molecule has 1 saturated heterocycles. The van der Waals surface area contributed by atoms with E-state index in [0.29, 0.717) is 18.7 Å². The fourth-order valence-corrected chi connectivity index (χ4v) is 4.03. The number of aromatic nitrogens is 1. The molecular formula is C24H27N3O3. The smallest absolute Gasteiger partial charge is 0.322 e. The maximum absolute atomic E-state index is 13.0. The molecule has 0 saturated carbocycles. The first-order valence-electron chi connectivity index (χ1n) is 10.4. The van der Waals surface area contributed by atoms with Gasteiger partial charge in [0.2, 0.25) is 0 Å². The number of carbonyl (C=O) groups excluding carboxylic acids is 1. The number of carbonyl (C=O) groups is 1. The lowest BCUT2D eigenvalue weighted by Crippen LogP contribution is -2.40. The zero-order valence-corrected chi connectivity index (χ0v) is 17.4. The van der Waals surface area contributed by atoms with Crippen molar-refractivity contribution in [2.24, 2.45) is 0 Å². The Morgan fingerprint density at radius 2 is 2.00 bits per heavy atom. The molecule has 1 unspecified atom stereocenters. The van der Waals surface area contributed by atoms with Gasteiger partial charge in [0.15, 0.2) is 0 Å². The van der Waals surface area contributed by atoms with E-state index in [1.807, 2.05) is 50.2 Å². The lowest BCUT2D eigenvalue weighted by molar-refractivity contribution is 0.0818.